The van der Waals surface area contributed by atoms with E-state index in [0.717, 1.165) is 26.4 Å². The highest BCUT2D eigenvalue weighted by Gasteiger charge is 2.35. The van der Waals surface area contributed by atoms with Crippen molar-refractivity contribution in [3.05, 3.63) is 61.4 Å². The summed E-state index contributed by atoms with van der Waals surface area (Å²) in [5, 5.41) is -0.226. The van der Waals surface area contributed by atoms with Gasteiger partial charge in [0.2, 0.25) is 0 Å². The van der Waals surface area contributed by atoms with Gasteiger partial charge in [0, 0.05) is 20.3 Å². The molecule has 2 amide bonds. The zero-order valence-corrected chi connectivity index (χ0v) is 14.4. The van der Waals surface area contributed by atoms with Gasteiger partial charge in [-0.2, -0.15) is 0 Å². The lowest BCUT2D eigenvalue weighted by Crippen LogP contribution is -2.28. The van der Waals surface area contributed by atoms with Crippen LogP contribution in [-0.4, -0.2) is 16.0 Å². The fourth-order valence-electron chi connectivity index (χ4n) is 2.14. The Morgan fingerprint density at radius 3 is 2.70 bits per heavy atom. The van der Waals surface area contributed by atoms with Crippen molar-refractivity contribution in [2.45, 2.75) is 13.5 Å². The van der Waals surface area contributed by atoms with E-state index in [1.807, 2.05) is 19.1 Å². The van der Waals surface area contributed by atoms with E-state index in [9.17, 15) is 14.0 Å². The first-order valence-electron chi connectivity index (χ1n) is 6.70. The van der Waals surface area contributed by atoms with Crippen molar-refractivity contribution in [3.8, 4) is 0 Å². The number of thiophene rings is 1. The molecule has 0 bridgehead atoms. The molecule has 0 aliphatic carbocycles. The summed E-state index contributed by atoms with van der Waals surface area (Å²) in [4.78, 5) is 27.9. The zero-order chi connectivity index (χ0) is 16.6. The van der Waals surface area contributed by atoms with Gasteiger partial charge in [-0.15, -0.1) is 11.3 Å². The normalized spacial score (nSPS) is 16.7. The van der Waals surface area contributed by atoms with Gasteiger partial charge in [0.15, 0.2) is 0 Å². The second kappa shape index (κ2) is 6.47. The van der Waals surface area contributed by atoms with Gasteiger partial charge in [-0.1, -0.05) is 17.7 Å². The van der Waals surface area contributed by atoms with Crippen molar-refractivity contribution in [2.24, 2.45) is 0 Å². The summed E-state index contributed by atoms with van der Waals surface area (Å²) in [5.74, 6) is -0.959. The largest absolute Gasteiger partial charge is 0.293 e. The quantitative estimate of drug-likeness (QED) is 0.709. The summed E-state index contributed by atoms with van der Waals surface area (Å²) in [6.45, 7) is 1.80. The van der Waals surface area contributed by atoms with Gasteiger partial charge in [-0.3, -0.25) is 14.5 Å². The van der Waals surface area contributed by atoms with Gasteiger partial charge >= 0.3 is 0 Å². The smallest absolute Gasteiger partial charge is 0.268 e. The second-order valence-corrected chi connectivity index (χ2v) is 7.64. The minimum Gasteiger partial charge on any atom is -0.268 e. The summed E-state index contributed by atoms with van der Waals surface area (Å²) in [6, 6.07) is 8.10. The van der Waals surface area contributed by atoms with Crippen molar-refractivity contribution < 1.29 is 14.0 Å². The highest BCUT2D eigenvalue weighted by molar-refractivity contribution is 8.18. The van der Waals surface area contributed by atoms with Gasteiger partial charge in [0.25, 0.3) is 11.1 Å². The molecule has 0 spiro atoms. The number of imide groups is 1. The molecule has 2 aromatic rings. The van der Waals surface area contributed by atoms with Gasteiger partial charge in [0.1, 0.15) is 5.82 Å². The third-order valence-corrected chi connectivity index (χ3v) is 5.50. The van der Waals surface area contributed by atoms with E-state index in [1.54, 1.807) is 6.08 Å². The number of nitrogens with zero attached hydrogens (tertiary/aromatic N) is 1. The number of halogens is 2. The molecule has 0 atom stereocenters. The Kier molecular flexibility index (Phi) is 4.57. The van der Waals surface area contributed by atoms with E-state index in [-0.39, 0.29) is 17.1 Å². The van der Waals surface area contributed by atoms with Crippen molar-refractivity contribution >= 4 is 51.9 Å². The van der Waals surface area contributed by atoms with E-state index in [4.69, 9.17) is 11.6 Å². The Labute approximate surface area is 145 Å². The predicted molar refractivity (Wildman–Crippen MR) is 92.0 cm³/mol. The number of aryl methyl sites for hydroxylation is 1. The van der Waals surface area contributed by atoms with Crippen LogP contribution in [0.5, 0.6) is 0 Å². The Hall–Kier alpha value is -1.63. The summed E-state index contributed by atoms with van der Waals surface area (Å²) in [6.07, 6.45) is 1.69. The Bertz CT molecular complexity index is 811. The van der Waals surface area contributed by atoms with Crippen molar-refractivity contribution in [3.63, 3.8) is 0 Å². The lowest BCUT2D eigenvalue weighted by Gasteiger charge is -2.14. The number of thioether (sulfide) groups is 1. The van der Waals surface area contributed by atoms with E-state index < -0.39 is 17.0 Å². The number of hydrogen-bond acceptors (Lipinski definition) is 4. The van der Waals surface area contributed by atoms with Crippen LogP contribution in [0.3, 0.4) is 0 Å². The molecule has 1 aliphatic heterocycles. The number of amides is 2. The van der Waals surface area contributed by atoms with Gasteiger partial charge in [0.05, 0.1) is 11.4 Å². The van der Waals surface area contributed by atoms with Crippen molar-refractivity contribution in [2.75, 3.05) is 0 Å². The first-order valence-corrected chi connectivity index (χ1v) is 8.71. The van der Waals surface area contributed by atoms with Crippen LogP contribution in [0.25, 0.3) is 6.08 Å². The molecule has 0 N–H and O–H groups in total. The van der Waals surface area contributed by atoms with Crippen LogP contribution in [-0.2, 0) is 11.3 Å². The molecular weight excluding hydrogens is 357 g/mol. The number of carbonyl (C=O) groups is 2. The molecule has 1 aromatic heterocycles. The average molecular weight is 368 g/mol. The molecule has 118 valence electrons. The second-order valence-electron chi connectivity index (χ2n) is 4.92. The van der Waals surface area contributed by atoms with Gasteiger partial charge in [-0.05, 0) is 49.0 Å². The van der Waals surface area contributed by atoms with Crippen LogP contribution in [0.1, 0.15) is 15.3 Å². The monoisotopic (exact) mass is 367 g/mol. The molecule has 0 saturated carbocycles. The molecule has 0 unspecified atom stereocenters. The van der Waals surface area contributed by atoms with Gasteiger partial charge in [-0.25, -0.2) is 4.39 Å². The highest BCUT2D eigenvalue weighted by Crippen LogP contribution is 2.35. The van der Waals surface area contributed by atoms with E-state index in [0.29, 0.717) is 4.91 Å². The molecule has 23 heavy (non-hydrogen) atoms. The van der Waals surface area contributed by atoms with Crippen LogP contribution in [0.15, 0.2) is 35.2 Å². The first kappa shape index (κ1) is 16.2. The standard InChI is InChI=1S/C16H11ClFNO2S2/c1-9-5-6-10(22-9)7-14-15(20)19(16(21)23-14)8-11-12(17)3-2-4-13(11)18/h2-7H,8H2,1H3/b14-7-. The summed E-state index contributed by atoms with van der Waals surface area (Å²) >= 11 is 8.35. The van der Waals surface area contributed by atoms with E-state index in [1.165, 1.54) is 29.5 Å². The SMILES string of the molecule is Cc1ccc(/C=C2\SC(=O)N(Cc3c(F)cccc3Cl)C2=O)s1. The fourth-order valence-corrected chi connectivity index (χ4v) is 4.09. The fraction of sp³-hybridized carbons (Fsp3) is 0.125. The Morgan fingerprint density at radius 2 is 2.04 bits per heavy atom. The molecule has 1 aliphatic rings. The first-order chi connectivity index (χ1) is 11.0. The number of hydrogen-bond donors (Lipinski definition) is 0. The Morgan fingerprint density at radius 1 is 1.26 bits per heavy atom. The lowest BCUT2D eigenvalue weighted by atomic mass is 10.2. The molecule has 1 fully saturated rings. The molecule has 2 heterocycles. The Balaban J connectivity index is 1.86. The molecule has 1 saturated heterocycles. The lowest BCUT2D eigenvalue weighted by molar-refractivity contribution is -0.123. The molecule has 0 radical (unpaired) electrons. The van der Waals surface area contributed by atoms with Crippen molar-refractivity contribution in [1.82, 2.24) is 4.90 Å². The van der Waals surface area contributed by atoms with Crippen LogP contribution in [0.2, 0.25) is 5.02 Å². The third-order valence-electron chi connectivity index (χ3n) is 3.29. The minimum atomic E-state index is -0.533. The predicted octanol–water partition coefficient (Wildman–Crippen LogP) is 5.09. The van der Waals surface area contributed by atoms with Crippen molar-refractivity contribution in [1.29, 1.82) is 0 Å². The number of rotatable bonds is 3. The maximum absolute atomic E-state index is 13.9. The van der Waals surface area contributed by atoms with Gasteiger partial charge < -0.3 is 0 Å². The summed E-state index contributed by atoms with van der Waals surface area (Å²) in [5.41, 5.74) is 0.143. The highest BCUT2D eigenvalue weighted by atomic mass is 35.5. The maximum atomic E-state index is 13.9. The average Bonchev–Trinajstić information content (AvgIpc) is 3.01. The molecule has 7 heteroatoms. The molecular formula is C16H11ClFNO2S2. The van der Waals surface area contributed by atoms with Crippen LogP contribution in [0.4, 0.5) is 9.18 Å². The number of carbonyl (C=O) groups excluding carboxylic acids is 2. The molecule has 3 rings (SSSR count). The zero-order valence-electron chi connectivity index (χ0n) is 12.0. The molecule has 3 nitrogen and oxygen atoms in total. The summed E-state index contributed by atoms with van der Waals surface area (Å²) in [7, 11) is 0. The molecule has 1 aromatic carbocycles. The van der Waals surface area contributed by atoms with Crippen LogP contribution < -0.4 is 0 Å². The topological polar surface area (TPSA) is 37.4 Å². The van der Waals surface area contributed by atoms with Crippen LogP contribution >= 0.6 is 34.7 Å². The van der Waals surface area contributed by atoms with E-state index >= 15 is 0 Å². The van der Waals surface area contributed by atoms with Crippen LogP contribution in [0, 0.1) is 12.7 Å². The third kappa shape index (κ3) is 3.34. The maximum Gasteiger partial charge on any atom is 0.293 e. The summed E-state index contributed by atoms with van der Waals surface area (Å²) < 4.78 is 13.9. The van der Waals surface area contributed by atoms with E-state index in [2.05, 4.69) is 0 Å². The minimum absolute atomic E-state index is 0.143. The number of benzene rings is 1.